The second-order valence-electron chi connectivity index (χ2n) is 7.30. The number of ether oxygens (including phenoxy) is 1. The van der Waals surface area contributed by atoms with Crippen LogP contribution < -0.4 is 10.0 Å². The zero-order valence-corrected chi connectivity index (χ0v) is 17.9. The minimum absolute atomic E-state index is 0.102. The van der Waals surface area contributed by atoms with Crippen LogP contribution in [0.2, 0.25) is 0 Å². The van der Waals surface area contributed by atoms with Crippen LogP contribution in [0.1, 0.15) is 45.6 Å². The molecule has 0 saturated heterocycles. The molecule has 0 radical (unpaired) electrons. The Balaban J connectivity index is 2.46. The van der Waals surface area contributed by atoms with Gasteiger partial charge in [0.25, 0.3) is 5.91 Å². The normalized spacial score (nSPS) is 13.2. The van der Waals surface area contributed by atoms with E-state index in [1.165, 1.54) is 0 Å². The molecule has 1 unspecified atom stereocenters. The lowest BCUT2D eigenvalue weighted by Crippen LogP contribution is -2.37. The maximum Gasteiger partial charge on any atom is 0.416 e. The van der Waals surface area contributed by atoms with E-state index >= 15 is 0 Å². The van der Waals surface area contributed by atoms with E-state index in [1.807, 2.05) is 11.6 Å². The minimum Gasteiger partial charge on any atom is -0.455 e. The lowest BCUT2D eigenvalue weighted by molar-refractivity contribution is -0.147. The number of halogens is 3. The van der Waals surface area contributed by atoms with Gasteiger partial charge in [-0.2, -0.15) is 17.9 Å². The monoisotopic (exact) mass is 452 g/mol. The van der Waals surface area contributed by atoms with Crippen molar-refractivity contribution < 1.29 is 35.9 Å². The summed E-state index contributed by atoms with van der Waals surface area (Å²) in [6, 6.07) is 3.01. The van der Waals surface area contributed by atoms with Gasteiger partial charge < -0.3 is 10.1 Å². The van der Waals surface area contributed by atoms with Gasteiger partial charge in [0.1, 0.15) is 6.54 Å². The van der Waals surface area contributed by atoms with Gasteiger partial charge in [0.15, 0.2) is 6.61 Å². The zero-order valence-electron chi connectivity index (χ0n) is 17.1. The SMILES string of the molecule is CC(C)CCCC(C)NC(=O)COC(=O)CNS(=O)(=O)c1cccc(C(F)(F)F)c1. The summed E-state index contributed by atoms with van der Waals surface area (Å²) in [5, 5.41) is 2.67. The van der Waals surface area contributed by atoms with Crippen LogP contribution in [0, 0.1) is 5.92 Å². The Morgan fingerprint density at radius 1 is 1.13 bits per heavy atom. The van der Waals surface area contributed by atoms with Gasteiger partial charge in [0.2, 0.25) is 10.0 Å². The number of hydrogen-bond donors (Lipinski definition) is 2. The van der Waals surface area contributed by atoms with Crippen molar-refractivity contribution in [3.05, 3.63) is 29.8 Å². The van der Waals surface area contributed by atoms with Gasteiger partial charge >= 0.3 is 12.1 Å². The third-order valence-corrected chi connectivity index (χ3v) is 5.47. The Hall–Kier alpha value is -2.14. The molecule has 0 fully saturated rings. The summed E-state index contributed by atoms with van der Waals surface area (Å²) < 4.78 is 68.9. The van der Waals surface area contributed by atoms with Crippen molar-refractivity contribution >= 4 is 21.9 Å². The first kappa shape index (κ1) is 25.9. The third-order valence-electron chi connectivity index (χ3n) is 4.07. The summed E-state index contributed by atoms with van der Waals surface area (Å²) in [6.45, 7) is 4.62. The van der Waals surface area contributed by atoms with Gasteiger partial charge in [-0.05, 0) is 37.5 Å². The average molecular weight is 452 g/mol. The van der Waals surface area contributed by atoms with Crippen LogP contribution in [-0.2, 0) is 30.5 Å². The molecule has 1 rings (SSSR count). The summed E-state index contributed by atoms with van der Waals surface area (Å²) in [5.74, 6) is -0.997. The van der Waals surface area contributed by atoms with Crippen LogP contribution >= 0.6 is 0 Å². The maximum atomic E-state index is 12.7. The molecule has 170 valence electrons. The molecule has 1 amide bonds. The van der Waals surface area contributed by atoms with Crippen LogP contribution in [0.5, 0.6) is 0 Å². The van der Waals surface area contributed by atoms with Gasteiger partial charge in [-0.15, -0.1) is 0 Å². The average Bonchev–Trinajstić information content (AvgIpc) is 2.64. The molecular weight excluding hydrogens is 425 g/mol. The van der Waals surface area contributed by atoms with Gasteiger partial charge in [-0.3, -0.25) is 9.59 Å². The molecule has 0 saturated carbocycles. The summed E-state index contributed by atoms with van der Waals surface area (Å²) in [4.78, 5) is 22.8. The van der Waals surface area contributed by atoms with Crippen molar-refractivity contribution in [3.63, 3.8) is 0 Å². The quantitative estimate of drug-likeness (QED) is 0.503. The molecule has 0 bridgehead atoms. The second-order valence-corrected chi connectivity index (χ2v) is 9.07. The van der Waals surface area contributed by atoms with Gasteiger partial charge in [0.05, 0.1) is 10.5 Å². The highest BCUT2D eigenvalue weighted by Crippen LogP contribution is 2.30. The Labute approximate surface area is 174 Å². The topological polar surface area (TPSA) is 102 Å². The standard InChI is InChI=1S/C19H27F3N2O5S/c1-13(2)6-4-7-14(3)24-17(25)12-29-18(26)11-23-30(27,28)16-9-5-8-15(10-16)19(20,21)22/h5,8-10,13-14,23H,4,6-7,11-12H2,1-3H3,(H,24,25). The van der Waals surface area contributed by atoms with E-state index in [9.17, 15) is 31.2 Å². The highest BCUT2D eigenvalue weighted by molar-refractivity contribution is 7.89. The highest BCUT2D eigenvalue weighted by atomic mass is 32.2. The predicted molar refractivity (Wildman–Crippen MR) is 104 cm³/mol. The second kappa shape index (κ2) is 11.3. The van der Waals surface area contributed by atoms with Gasteiger partial charge in [0, 0.05) is 6.04 Å². The fourth-order valence-electron chi connectivity index (χ4n) is 2.49. The molecular formula is C19H27F3N2O5S. The van der Waals surface area contributed by atoms with E-state index in [4.69, 9.17) is 4.74 Å². The molecule has 0 spiro atoms. The van der Waals surface area contributed by atoms with Gasteiger partial charge in [-0.25, -0.2) is 8.42 Å². The number of esters is 1. The molecule has 1 aromatic rings. The minimum atomic E-state index is -4.70. The highest BCUT2D eigenvalue weighted by Gasteiger charge is 2.31. The van der Waals surface area contributed by atoms with E-state index in [-0.39, 0.29) is 6.04 Å². The molecule has 30 heavy (non-hydrogen) atoms. The molecule has 0 aliphatic rings. The van der Waals surface area contributed by atoms with Crippen molar-refractivity contribution in [2.24, 2.45) is 5.92 Å². The van der Waals surface area contributed by atoms with E-state index in [1.54, 1.807) is 0 Å². The zero-order chi connectivity index (χ0) is 22.9. The largest absolute Gasteiger partial charge is 0.455 e. The summed E-state index contributed by atoms with van der Waals surface area (Å²) in [5.41, 5.74) is -1.13. The van der Waals surface area contributed by atoms with E-state index in [0.29, 0.717) is 12.0 Å². The summed E-state index contributed by atoms with van der Waals surface area (Å²) >= 11 is 0. The molecule has 7 nitrogen and oxygen atoms in total. The molecule has 11 heteroatoms. The molecule has 0 aromatic heterocycles. The Kier molecular flexibility index (Phi) is 9.76. The number of rotatable bonds is 11. The molecule has 0 aliphatic carbocycles. The van der Waals surface area contributed by atoms with Crippen molar-refractivity contribution in [2.45, 2.75) is 57.1 Å². The maximum absolute atomic E-state index is 12.7. The smallest absolute Gasteiger partial charge is 0.416 e. The number of carbonyl (C=O) groups is 2. The van der Waals surface area contributed by atoms with Crippen molar-refractivity contribution in [2.75, 3.05) is 13.2 Å². The van der Waals surface area contributed by atoms with Crippen LogP contribution in [-0.4, -0.2) is 39.5 Å². The fourth-order valence-corrected chi connectivity index (χ4v) is 3.51. The molecule has 1 aromatic carbocycles. The van der Waals surface area contributed by atoms with Crippen LogP contribution in [0.4, 0.5) is 13.2 Å². The Morgan fingerprint density at radius 3 is 2.40 bits per heavy atom. The van der Waals surface area contributed by atoms with Gasteiger partial charge in [-0.1, -0.05) is 32.8 Å². The number of amides is 1. The lowest BCUT2D eigenvalue weighted by Gasteiger charge is -2.14. The Morgan fingerprint density at radius 2 is 1.80 bits per heavy atom. The number of hydrogen-bond acceptors (Lipinski definition) is 5. The first-order valence-electron chi connectivity index (χ1n) is 9.43. The number of sulfonamides is 1. The Bertz CT molecular complexity index is 826. The summed E-state index contributed by atoms with van der Waals surface area (Å²) in [6.07, 6.45) is -1.96. The van der Waals surface area contributed by atoms with Crippen molar-refractivity contribution in [1.82, 2.24) is 10.0 Å². The number of nitrogens with one attached hydrogen (secondary N) is 2. The number of alkyl halides is 3. The molecule has 1 atom stereocenters. The molecule has 2 N–H and O–H groups in total. The first-order chi connectivity index (χ1) is 13.8. The van der Waals surface area contributed by atoms with Crippen molar-refractivity contribution in [1.29, 1.82) is 0 Å². The van der Waals surface area contributed by atoms with E-state index in [2.05, 4.69) is 19.2 Å². The van der Waals surface area contributed by atoms with Crippen LogP contribution in [0.25, 0.3) is 0 Å². The lowest BCUT2D eigenvalue weighted by atomic mass is 10.0. The predicted octanol–water partition coefficient (Wildman–Crippen LogP) is 2.86. The first-order valence-corrected chi connectivity index (χ1v) is 10.9. The fraction of sp³-hybridized carbons (Fsp3) is 0.579. The number of carbonyl (C=O) groups excluding carboxylic acids is 2. The van der Waals surface area contributed by atoms with E-state index in [0.717, 1.165) is 37.5 Å². The molecule has 0 aliphatic heterocycles. The van der Waals surface area contributed by atoms with Crippen LogP contribution in [0.3, 0.4) is 0 Å². The van der Waals surface area contributed by atoms with Crippen molar-refractivity contribution in [3.8, 4) is 0 Å². The van der Waals surface area contributed by atoms with Crippen LogP contribution in [0.15, 0.2) is 29.2 Å². The summed E-state index contributed by atoms with van der Waals surface area (Å²) in [7, 11) is -4.36. The molecule has 0 heterocycles. The third kappa shape index (κ3) is 9.57. The number of benzene rings is 1. The van der Waals surface area contributed by atoms with E-state index < -0.39 is 51.7 Å².